The number of phenolic OH excluding ortho intramolecular Hbond substituents is 1. The molecule has 2 bridgehead atoms. The fourth-order valence-corrected chi connectivity index (χ4v) is 4.95. The lowest BCUT2D eigenvalue weighted by molar-refractivity contribution is -0.133. The van der Waals surface area contributed by atoms with Gasteiger partial charge in [0.15, 0.2) is 0 Å². The predicted octanol–water partition coefficient (Wildman–Crippen LogP) is 2.16. The van der Waals surface area contributed by atoms with Gasteiger partial charge >= 0.3 is 5.63 Å². The van der Waals surface area contributed by atoms with Gasteiger partial charge in [-0.25, -0.2) is 4.79 Å². The van der Waals surface area contributed by atoms with Crippen LogP contribution in [-0.4, -0.2) is 33.6 Å². The summed E-state index contributed by atoms with van der Waals surface area (Å²) in [5.41, 5.74) is 1.81. The first-order chi connectivity index (χ1) is 14.4. The molecular formula is C23H22N2O5. The fraction of sp³-hybridized carbons (Fsp3) is 0.348. The summed E-state index contributed by atoms with van der Waals surface area (Å²) in [4.78, 5) is 39.6. The molecule has 1 aromatic carbocycles. The topological polar surface area (TPSA) is 92.8 Å². The number of hydrogen-bond donors (Lipinski definition) is 1. The highest BCUT2D eigenvalue weighted by Gasteiger charge is 2.36. The summed E-state index contributed by atoms with van der Waals surface area (Å²) in [6, 6.07) is 9.95. The van der Waals surface area contributed by atoms with Gasteiger partial charge in [-0.1, -0.05) is 6.07 Å². The van der Waals surface area contributed by atoms with Crippen molar-refractivity contribution >= 4 is 16.9 Å². The molecule has 2 aliphatic rings. The first-order valence-electron chi connectivity index (χ1n) is 10.1. The van der Waals surface area contributed by atoms with Crippen LogP contribution in [0.15, 0.2) is 50.4 Å². The maximum absolute atomic E-state index is 13.1. The van der Waals surface area contributed by atoms with Gasteiger partial charge in [-0.3, -0.25) is 9.59 Å². The van der Waals surface area contributed by atoms with E-state index in [-0.39, 0.29) is 35.5 Å². The van der Waals surface area contributed by atoms with Gasteiger partial charge in [0.1, 0.15) is 11.3 Å². The van der Waals surface area contributed by atoms with E-state index in [9.17, 15) is 19.5 Å². The molecule has 0 unspecified atom stereocenters. The third kappa shape index (κ3) is 3.01. The van der Waals surface area contributed by atoms with E-state index >= 15 is 0 Å². The van der Waals surface area contributed by atoms with Gasteiger partial charge in [-0.15, -0.1) is 0 Å². The Morgan fingerprint density at radius 2 is 2.00 bits per heavy atom. The van der Waals surface area contributed by atoms with E-state index in [1.807, 2.05) is 15.5 Å². The monoisotopic (exact) mass is 406 g/mol. The number of piperidine rings is 1. The van der Waals surface area contributed by atoms with Gasteiger partial charge in [-0.2, -0.15) is 0 Å². The number of pyridine rings is 1. The fourth-order valence-electron chi connectivity index (χ4n) is 4.95. The van der Waals surface area contributed by atoms with Crippen molar-refractivity contribution in [2.24, 2.45) is 5.92 Å². The summed E-state index contributed by atoms with van der Waals surface area (Å²) in [6.45, 7) is 3.55. The average Bonchev–Trinajstić information content (AvgIpc) is 2.71. The molecule has 1 saturated heterocycles. The van der Waals surface area contributed by atoms with E-state index in [0.29, 0.717) is 41.7 Å². The Bertz CT molecular complexity index is 1290. The second-order valence-corrected chi connectivity index (χ2v) is 8.35. The molecule has 154 valence electrons. The van der Waals surface area contributed by atoms with Gasteiger partial charge < -0.3 is 19.0 Å². The first-order valence-corrected chi connectivity index (χ1v) is 10.1. The van der Waals surface area contributed by atoms with Crippen LogP contribution in [0, 0.1) is 12.8 Å². The van der Waals surface area contributed by atoms with Crippen LogP contribution < -0.4 is 11.2 Å². The van der Waals surface area contributed by atoms with Crippen LogP contribution in [0.5, 0.6) is 5.75 Å². The number of carbonyl (C=O) groups excluding carboxylic acids is 1. The number of aromatic hydroxyl groups is 1. The second kappa shape index (κ2) is 6.86. The van der Waals surface area contributed by atoms with Crippen LogP contribution in [0.4, 0.5) is 0 Å². The Kier molecular flexibility index (Phi) is 4.27. The maximum Gasteiger partial charge on any atom is 0.340 e. The molecule has 5 rings (SSSR count). The number of nitrogens with zero attached hydrogens (tertiary/aromatic N) is 2. The van der Waals surface area contributed by atoms with Gasteiger partial charge in [-0.05, 0) is 43.0 Å². The quantitative estimate of drug-likeness (QED) is 0.659. The number of benzene rings is 1. The van der Waals surface area contributed by atoms with E-state index in [0.717, 1.165) is 12.1 Å². The Morgan fingerprint density at radius 3 is 2.83 bits per heavy atom. The van der Waals surface area contributed by atoms with Crippen molar-refractivity contribution in [3.63, 3.8) is 0 Å². The molecule has 30 heavy (non-hydrogen) atoms. The number of carbonyl (C=O) groups is 1. The largest absolute Gasteiger partial charge is 0.508 e. The normalized spacial score (nSPS) is 20.2. The third-order valence-corrected chi connectivity index (χ3v) is 6.43. The van der Waals surface area contributed by atoms with Crippen LogP contribution in [0.25, 0.3) is 11.0 Å². The van der Waals surface area contributed by atoms with Crippen molar-refractivity contribution in [1.82, 2.24) is 9.47 Å². The zero-order chi connectivity index (χ0) is 21.0. The molecule has 3 aromatic rings. The summed E-state index contributed by atoms with van der Waals surface area (Å²) in [7, 11) is 0. The van der Waals surface area contributed by atoms with Crippen LogP contribution >= 0.6 is 0 Å². The maximum atomic E-state index is 13.1. The smallest absolute Gasteiger partial charge is 0.340 e. The average molecular weight is 406 g/mol. The highest BCUT2D eigenvalue weighted by Crippen LogP contribution is 2.35. The number of aromatic nitrogens is 1. The first kappa shape index (κ1) is 18.7. The highest BCUT2D eigenvalue weighted by atomic mass is 16.4. The molecule has 7 nitrogen and oxygen atoms in total. The van der Waals surface area contributed by atoms with Crippen molar-refractivity contribution in [2.75, 3.05) is 13.1 Å². The number of aryl methyl sites for hydroxylation is 1. The molecular weight excluding hydrogens is 384 g/mol. The molecule has 1 fully saturated rings. The predicted molar refractivity (Wildman–Crippen MR) is 111 cm³/mol. The van der Waals surface area contributed by atoms with Gasteiger partial charge in [0, 0.05) is 48.8 Å². The van der Waals surface area contributed by atoms with E-state index in [2.05, 4.69) is 0 Å². The Morgan fingerprint density at radius 1 is 1.17 bits per heavy atom. The van der Waals surface area contributed by atoms with Crippen LogP contribution in [0.2, 0.25) is 0 Å². The molecule has 1 N–H and O–H groups in total. The molecule has 0 radical (unpaired) electrons. The highest BCUT2D eigenvalue weighted by molar-refractivity contribution is 5.85. The zero-order valence-electron chi connectivity index (χ0n) is 16.6. The number of hydrogen-bond acceptors (Lipinski definition) is 5. The van der Waals surface area contributed by atoms with E-state index < -0.39 is 5.63 Å². The second-order valence-electron chi connectivity index (χ2n) is 8.35. The van der Waals surface area contributed by atoms with Gasteiger partial charge in [0.25, 0.3) is 5.56 Å². The number of fused-ring (bicyclic) bond motifs is 5. The Balaban J connectivity index is 1.43. The molecule has 4 heterocycles. The van der Waals surface area contributed by atoms with Crippen molar-refractivity contribution in [2.45, 2.75) is 32.2 Å². The lowest BCUT2D eigenvalue weighted by atomic mass is 9.83. The SMILES string of the molecule is Cc1c(CC(=O)N2C[C@@H]3C[C@H](C2)c2cccc(=O)n2C3)c(=O)oc2cc(O)ccc12. The molecule has 0 saturated carbocycles. The number of amides is 1. The molecule has 0 aliphatic carbocycles. The van der Waals surface area contributed by atoms with Crippen molar-refractivity contribution in [3.8, 4) is 5.75 Å². The molecule has 0 spiro atoms. The van der Waals surface area contributed by atoms with Crippen LogP contribution in [0.3, 0.4) is 0 Å². The molecule has 2 aromatic heterocycles. The molecule has 2 atom stereocenters. The summed E-state index contributed by atoms with van der Waals surface area (Å²) in [5.74, 6) is 0.280. The molecule has 2 aliphatic heterocycles. The molecule has 1 amide bonds. The summed E-state index contributed by atoms with van der Waals surface area (Å²) >= 11 is 0. The minimum atomic E-state index is -0.548. The van der Waals surface area contributed by atoms with Gasteiger partial charge in [0.2, 0.25) is 5.91 Å². The summed E-state index contributed by atoms with van der Waals surface area (Å²) in [5, 5.41) is 10.3. The van der Waals surface area contributed by atoms with E-state index in [4.69, 9.17) is 4.42 Å². The Labute approximate surface area is 172 Å². The van der Waals surface area contributed by atoms with Crippen molar-refractivity contribution < 1.29 is 14.3 Å². The van der Waals surface area contributed by atoms with Gasteiger partial charge in [0.05, 0.1) is 12.0 Å². The Hall–Kier alpha value is -3.35. The lowest BCUT2D eigenvalue weighted by Gasteiger charge is -2.42. The standard InChI is InChI=1S/C23H22N2O5/c1-13-17-6-5-16(26)8-20(17)30-23(29)18(13)9-22(28)24-10-14-7-15(12-24)19-3-2-4-21(27)25(19)11-14/h2-6,8,14-15,26H,7,9-12H2,1H3/t14-,15+/m0/s1. The number of phenols is 1. The lowest BCUT2D eigenvalue weighted by Crippen LogP contribution is -2.49. The summed E-state index contributed by atoms with van der Waals surface area (Å²) < 4.78 is 7.18. The third-order valence-electron chi connectivity index (χ3n) is 6.43. The minimum Gasteiger partial charge on any atom is -0.508 e. The molecule has 7 heteroatoms. The summed E-state index contributed by atoms with van der Waals surface area (Å²) in [6.07, 6.45) is 0.944. The van der Waals surface area contributed by atoms with E-state index in [1.165, 1.54) is 12.1 Å². The van der Waals surface area contributed by atoms with Crippen LogP contribution in [-0.2, 0) is 17.8 Å². The van der Waals surface area contributed by atoms with Crippen LogP contribution in [0.1, 0.15) is 29.2 Å². The number of likely N-dealkylation sites (tertiary alicyclic amines) is 1. The van der Waals surface area contributed by atoms with E-state index in [1.54, 1.807) is 25.1 Å². The minimum absolute atomic E-state index is 0.0115. The number of rotatable bonds is 2. The van der Waals surface area contributed by atoms with Crippen molar-refractivity contribution in [1.29, 1.82) is 0 Å². The van der Waals surface area contributed by atoms with Crippen molar-refractivity contribution in [3.05, 3.63) is 74.0 Å². The zero-order valence-corrected chi connectivity index (χ0v) is 16.6.